The van der Waals surface area contributed by atoms with E-state index in [0.29, 0.717) is 11.3 Å². The second-order valence-electron chi connectivity index (χ2n) is 3.08. The summed E-state index contributed by atoms with van der Waals surface area (Å²) in [5, 5.41) is 11.3. The van der Waals surface area contributed by atoms with Crippen LogP contribution in [0.25, 0.3) is 0 Å². The van der Waals surface area contributed by atoms with Crippen LogP contribution in [0.3, 0.4) is 0 Å². The Labute approximate surface area is 96.4 Å². The smallest absolute Gasteiger partial charge is 0.272 e. The largest absolute Gasteiger partial charge is 0.497 e. The number of hydrogen-bond acceptors (Lipinski definition) is 4. The van der Waals surface area contributed by atoms with E-state index in [4.69, 9.17) is 20.4 Å². The van der Waals surface area contributed by atoms with Gasteiger partial charge in [-0.3, -0.25) is 0 Å². The molecule has 0 aromatic heterocycles. The van der Waals surface area contributed by atoms with Gasteiger partial charge in [-0.2, -0.15) is 0 Å². The molecule has 0 aliphatic heterocycles. The predicted molar refractivity (Wildman–Crippen MR) is 57.0 cm³/mol. The van der Waals surface area contributed by atoms with E-state index in [0.717, 1.165) is 0 Å². The number of nitrogens with zero attached hydrogens (tertiary/aromatic N) is 1. The Hall–Kier alpha value is -2.05. The number of oxime groups is 1. The van der Waals surface area contributed by atoms with Crippen LogP contribution in [0.5, 0.6) is 11.5 Å². The van der Waals surface area contributed by atoms with E-state index in [1.807, 2.05) is 0 Å². The Morgan fingerprint density at radius 2 is 2.06 bits per heavy atom. The Balaban J connectivity index is 2.97. The van der Waals surface area contributed by atoms with Gasteiger partial charge in [0.2, 0.25) is 0 Å². The first kappa shape index (κ1) is 13.0. The number of benzene rings is 1. The van der Waals surface area contributed by atoms with Crippen molar-refractivity contribution in [3.05, 3.63) is 23.8 Å². The number of methoxy groups -OCH3 is 1. The van der Waals surface area contributed by atoms with E-state index in [2.05, 4.69) is 5.16 Å². The maximum Gasteiger partial charge on any atom is 0.272 e. The minimum absolute atomic E-state index is 0.159. The summed E-state index contributed by atoms with van der Waals surface area (Å²) in [6.07, 6.45) is -2.58. The molecule has 0 heterocycles. The fourth-order valence-corrected chi connectivity index (χ4v) is 1.14. The molecule has 17 heavy (non-hydrogen) atoms. The van der Waals surface area contributed by atoms with Crippen molar-refractivity contribution >= 4 is 5.84 Å². The molecule has 0 radical (unpaired) electrons. The lowest BCUT2D eigenvalue weighted by atomic mass is 10.2. The molecule has 94 valence electrons. The van der Waals surface area contributed by atoms with Gasteiger partial charge >= 0.3 is 0 Å². The van der Waals surface area contributed by atoms with Gasteiger partial charge in [0.15, 0.2) is 5.84 Å². The molecule has 0 atom stereocenters. The van der Waals surface area contributed by atoms with Gasteiger partial charge in [-0.15, -0.1) is 0 Å². The monoisotopic (exact) mass is 246 g/mol. The van der Waals surface area contributed by atoms with Gasteiger partial charge in [-0.1, -0.05) is 5.16 Å². The molecule has 3 N–H and O–H groups in total. The molecule has 0 fully saturated rings. The lowest BCUT2D eigenvalue weighted by Crippen LogP contribution is -2.14. The Kier molecular flexibility index (Phi) is 4.50. The highest BCUT2D eigenvalue weighted by Crippen LogP contribution is 2.23. The minimum Gasteiger partial charge on any atom is -0.497 e. The van der Waals surface area contributed by atoms with Gasteiger partial charge < -0.3 is 20.4 Å². The summed E-state index contributed by atoms with van der Waals surface area (Å²) in [7, 11) is 1.41. The standard InChI is InChI=1S/C10H12F2N2O3/c1-16-7-2-6(10(13)14-15)3-8(4-7)17-5-9(11)12/h2-4,9,15H,5H2,1H3,(H2,13,14). The van der Waals surface area contributed by atoms with E-state index in [-0.39, 0.29) is 11.6 Å². The van der Waals surface area contributed by atoms with Gasteiger partial charge in [0.05, 0.1) is 7.11 Å². The van der Waals surface area contributed by atoms with Gasteiger partial charge in [0, 0.05) is 11.6 Å². The lowest BCUT2D eigenvalue weighted by molar-refractivity contribution is 0.0817. The van der Waals surface area contributed by atoms with Crippen LogP contribution < -0.4 is 15.2 Å². The molecule has 0 saturated carbocycles. The normalized spacial score (nSPS) is 11.6. The Morgan fingerprint density at radius 1 is 1.41 bits per heavy atom. The molecule has 0 aliphatic carbocycles. The highest BCUT2D eigenvalue weighted by Gasteiger charge is 2.08. The van der Waals surface area contributed by atoms with Crippen LogP contribution in [-0.2, 0) is 0 Å². The van der Waals surface area contributed by atoms with Crippen molar-refractivity contribution in [2.24, 2.45) is 10.9 Å². The first-order valence-corrected chi connectivity index (χ1v) is 4.64. The van der Waals surface area contributed by atoms with Gasteiger partial charge in [0.25, 0.3) is 6.43 Å². The van der Waals surface area contributed by atoms with E-state index in [1.165, 1.54) is 25.3 Å². The van der Waals surface area contributed by atoms with Crippen LogP contribution in [0.15, 0.2) is 23.4 Å². The molecule has 0 amide bonds. The van der Waals surface area contributed by atoms with E-state index in [9.17, 15) is 8.78 Å². The molecule has 0 bridgehead atoms. The van der Waals surface area contributed by atoms with Gasteiger partial charge in [-0.05, 0) is 12.1 Å². The molecule has 1 rings (SSSR count). The van der Waals surface area contributed by atoms with Crippen molar-refractivity contribution in [1.82, 2.24) is 0 Å². The van der Waals surface area contributed by atoms with Gasteiger partial charge in [0.1, 0.15) is 18.1 Å². The third kappa shape index (κ3) is 3.78. The zero-order valence-electron chi connectivity index (χ0n) is 9.06. The molecule has 1 aromatic rings. The summed E-state index contributed by atoms with van der Waals surface area (Å²) in [5.41, 5.74) is 5.70. The van der Waals surface area contributed by atoms with Crippen LogP contribution >= 0.6 is 0 Å². The summed E-state index contributed by atoms with van der Waals surface area (Å²) in [6, 6.07) is 4.29. The molecule has 0 saturated heterocycles. The van der Waals surface area contributed by atoms with Crippen molar-refractivity contribution in [2.75, 3.05) is 13.7 Å². The number of halogens is 2. The van der Waals surface area contributed by atoms with E-state index >= 15 is 0 Å². The molecule has 5 nitrogen and oxygen atoms in total. The number of rotatable bonds is 5. The summed E-state index contributed by atoms with van der Waals surface area (Å²) >= 11 is 0. The second-order valence-corrected chi connectivity index (χ2v) is 3.08. The highest BCUT2D eigenvalue weighted by molar-refractivity contribution is 5.97. The van der Waals surface area contributed by atoms with E-state index in [1.54, 1.807) is 0 Å². The first-order valence-electron chi connectivity index (χ1n) is 4.64. The molecule has 7 heteroatoms. The predicted octanol–water partition coefficient (Wildman–Crippen LogP) is 1.43. The number of alkyl halides is 2. The average Bonchev–Trinajstić information content (AvgIpc) is 2.34. The van der Waals surface area contributed by atoms with Crippen molar-refractivity contribution in [1.29, 1.82) is 0 Å². The van der Waals surface area contributed by atoms with Crippen LogP contribution in [-0.4, -0.2) is 31.2 Å². The molecule has 0 spiro atoms. The molecule has 0 unspecified atom stereocenters. The quantitative estimate of drug-likeness (QED) is 0.356. The number of hydrogen-bond donors (Lipinski definition) is 2. The average molecular weight is 246 g/mol. The first-order chi connectivity index (χ1) is 8.06. The topological polar surface area (TPSA) is 77.1 Å². The third-order valence-corrected chi connectivity index (χ3v) is 1.90. The van der Waals surface area contributed by atoms with Crippen LogP contribution in [0.4, 0.5) is 8.78 Å². The van der Waals surface area contributed by atoms with Crippen molar-refractivity contribution in [3.8, 4) is 11.5 Å². The van der Waals surface area contributed by atoms with Crippen molar-refractivity contribution in [3.63, 3.8) is 0 Å². The van der Waals surface area contributed by atoms with Crippen LogP contribution in [0.2, 0.25) is 0 Å². The molecular weight excluding hydrogens is 234 g/mol. The zero-order valence-corrected chi connectivity index (χ0v) is 9.06. The maximum atomic E-state index is 12.0. The second kappa shape index (κ2) is 5.88. The van der Waals surface area contributed by atoms with Crippen LogP contribution in [0.1, 0.15) is 5.56 Å². The fraction of sp³-hybridized carbons (Fsp3) is 0.300. The van der Waals surface area contributed by atoms with Crippen LogP contribution in [0, 0.1) is 0 Å². The molecule has 1 aromatic carbocycles. The fourth-order valence-electron chi connectivity index (χ4n) is 1.14. The zero-order chi connectivity index (χ0) is 12.8. The Morgan fingerprint density at radius 3 is 2.59 bits per heavy atom. The third-order valence-electron chi connectivity index (χ3n) is 1.90. The van der Waals surface area contributed by atoms with Crippen molar-refractivity contribution < 1.29 is 23.5 Å². The highest BCUT2D eigenvalue weighted by atomic mass is 19.3. The minimum atomic E-state index is -2.58. The summed E-state index contributed by atoms with van der Waals surface area (Å²) in [6.45, 7) is -0.733. The molecular formula is C10H12F2N2O3. The SMILES string of the molecule is COc1cc(OCC(F)F)cc(/C(N)=N/O)c1. The van der Waals surface area contributed by atoms with E-state index < -0.39 is 13.0 Å². The maximum absolute atomic E-state index is 12.0. The number of amidine groups is 1. The number of ether oxygens (including phenoxy) is 2. The lowest BCUT2D eigenvalue weighted by Gasteiger charge is -2.09. The molecule has 0 aliphatic rings. The number of nitrogens with two attached hydrogens (primary N) is 1. The summed E-state index contributed by atoms with van der Waals surface area (Å²) in [4.78, 5) is 0. The Bertz CT molecular complexity index is 411. The summed E-state index contributed by atoms with van der Waals surface area (Å²) < 4.78 is 33.7. The van der Waals surface area contributed by atoms with Crippen molar-refractivity contribution in [2.45, 2.75) is 6.43 Å². The summed E-state index contributed by atoms with van der Waals surface area (Å²) in [5.74, 6) is 0.357. The van der Waals surface area contributed by atoms with Gasteiger partial charge in [-0.25, -0.2) is 8.78 Å².